The summed E-state index contributed by atoms with van der Waals surface area (Å²) in [6.45, 7) is 0. The van der Waals surface area contributed by atoms with Gasteiger partial charge in [-0.15, -0.1) is 0 Å². The van der Waals surface area contributed by atoms with Crippen molar-refractivity contribution in [2.75, 3.05) is 0 Å². The van der Waals surface area contributed by atoms with Crippen LogP contribution in [-0.4, -0.2) is 14.5 Å². The molecule has 3 heteroatoms. The minimum Gasteiger partial charge on any atom is -0.278 e. The average molecular weight is 578 g/mol. The van der Waals surface area contributed by atoms with E-state index in [0.29, 0.717) is 17.8 Å². The van der Waals surface area contributed by atoms with Crippen LogP contribution in [0.1, 0.15) is 17.5 Å². The van der Waals surface area contributed by atoms with Crippen LogP contribution in [0.25, 0.3) is 68.5 Å². The van der Waals surface area contributed by atoms with Crippen molar-refractivity contribution >= 4 is 29.1 Å². The van der Waals surface area contributed by atoms with E-state index in [1.807, 2.05) is 12.4 Å². The lowest BCUT2D eigenvalue weighted by atomic mass is 9.84. The van der Waals surface area contributed by atoms with Crippen LogP contribution in [0.15, 0.2) is 134 Å². The third-order valence-electron chi connectivity index (χ3n) is 9.43. The molecule has 3 aliphatic carbocycles. The predicted molar refractivity (Wildman–Crippen MR) is 186 cm³/mol. The molecule has 0 bridgehead atoms. The maximum Gasteiger partial charge on any atom is 0.234 e. The molecule has 0 saturated heterocycles. The topological polar surface area (TPSA) is 30.7 Å². The fourth-order valence-electron chi connectivity index (χ4n) is 7.14. The number of rotatable bonds is 4. The number of allylic oxidation sites excluding steroid dienone is 5. The summed E-state index contributed by atoms with van der Waals surface area (Å²) in [6, 6.07) is 32.7. The second-order valence-corrected chi connectivity index (χ2v) is 12.2. The van der Waals surface area contributed by atoms with Gasteiger partial charge in [-0.05, 0) is 82.1 Å². The molecule has 0 N–H and O–H groups in total. The molecule has 0 fully saturated rings. The lowest BCUT2D eigenvalue weighted by Gasteiger charge is -2.20. The van der Waals surface area contributed by atoms with Gasteiger partial charge in [-0.2, -0.15) is 0 Å². The van der Waals surface area contributed by atoms with Crippen LogP contribution in [-0.2, 0) is 6.42 Å². The molecule has 45 heavy (non-hydrogen) atoms. The van der Waals surface area contributed by atoms with Gasteiger partial charge in [0.15, 0.2) is 0 Å². The summed E-state index contributed by atoms with van der Waals surface area (Å²) in [7, 11) is 0. The van der Waals surface area contributed by atoms with Crippen LogP contribution in [0.2, 0.25) is 0 Å². The first-order valence-corrected chi connectivity index (χ1v) is 15.8. The molecule has 6 aromatic rings. The predicted octanol–water partition coefficient (Wildman–Crippen LogP) is 8.31. The average Bonchev–Trinajstić information content (AvgIpc) is 3.42. The molecule has 2 aromatic heterocycles. The van der Waals surface area contributed by atoms with Gasteiger partial charge in [0.2, 0.25) is 5.95 Å². The molecule has 0 spiro atoms. The zero-order valence-electron chi connectivity index (χ0n) is 24.8. The van der Waals surface area contributed by atoms with Gasteiger partial charge in [0.1, 0.15) is 0 Å². The van der Waals surface area contributed by atoms with E-state index in [-0.39, 0.29) is 0 Å². The normalized spacial score (nSPS) is 17.7. The summed E-state index contributed by atoms with van der Waals surface area (Å²) in [4.78, 5) is 10.1. The Morgan fingerprint density at radius 1 is 0.622 bits per heavy atom. The van der Waals surface area contributed by atoms with Crippen molar-refractivity contribution in [1.82, 2.24) is 14.5 Å². The first-order chi connectivity index (χ1) is 22.3. The molecule has 2 heterocycles. The maximum atomic E-state index is 5.05. The first-order valence-electron chi connectivity index (χ1n) is 15.8. The van der Waals surface area contributed by atoms with Crippen molar-refractivity contribution < 1.29 is 0 Å². The van der Waals surface area contributed by atoms with Crippen LogP contribution in [0, 0.1) is 11.8 Å². The summed E-state index contributed by atoms with van der Waals surface area (Å²) >= 11 is 0. The van der Waals surface area contributed by atoms with E-state index in [1.54, 1.807) is 0 Å². The molecule has 0 aliphatic heterocycles. The maximum absolute atomic E-state index is 5.05. The number of hydrogen-bond acceptors (Lipinski definition) is 2. The van der Waals surface area contributed by atoms with Gasteiger partial charge in [-0.3, -0.25) is 4.57 Å². The fourth-order valence-corrected chi connectivity index (χ4v) is 7.14. The summed E-state index contributed by atoms with van der Waals surface area (Å²) < 4.78 is 2.28. The SMILES string of the molecule is C1=CC2C=c3c(n(-c4ncc(-c5cc(-c6ccccc6)cc(-c6ccccc6)c5)cn4)c4cc5c(cc34)C=CCC5)=CC2C=C1. The zero-order chi connectivity index (χ0) is 29.7. The van der Waals surface area contributed by atoms with Crippen LogP contribution in [0.3, 0.4) is 0 Å². The molecule has 214 valence electrons. The number of benzene rings is 4. The van der Waals surface area contributed by atoms with Crippen LogP contribution < -0.4 is 10.6 Å². The van der Waals surface area contributed by atoms with E-state index in [9.17, 15) is 0 Å². The monoisotopic (exact) mass is 577 g/mol. The van der Waals surface area contributed by atoms with Crippen molar-refractivity contribution in [2.45, 2.75) is 12.8 Å². The molecule has 0 radical (unpaired) electrons. The molecule has 3 nitrogen and oxygen atoms in total. The van der Waals surface area contributed by atoms with E-state index in [0.717, 1.165) is 24.0 Å². The Balaban J connectivity index is 1.21. The molecule has 2 unspecified atom stereocenters. The number of nitrogens with zero attached hydrogens (tertiary/aromatic N) is 3. The zero-order valence-corrected chi connectivity index (χ0v) is 24.8. The highest BCUT2D eigenvalue weighted by molar-refractivity contribution is 5.88. The summed E-state index contributed by atoms with van der Waals surface area (Å²) in [6.07, 6.45) is 24.4. The van der Waals surface area contributed by atoms with Crippen molar-refractivity contribution in [3.05, 3.63) is 155 Å². The summed E-state index contributed by atoms with van der Waals surface area (Å²) in [5, 5.41) is 3.73. The smallest absolute Gasteiger partial charge is 0.234 e. The van der Waals surface area contributed by atoms with Gasteiger partial charge in [0.05, 0.1) is 10.9 Å². The molecular formula is C42H31N3. The first kappa shape index (κ1) is 25.9. The quantitative estimate of drug-likeness (QED) is 0.211. The minimum absolute atomic E-state index is 0.330. The second-order valence-electron chi connectivity index (χ2n) is 12.2. The van der Waals surface area contributed by atoms with E-state index in [2.05, 4.69) is 144 Å². The van der Waals surface area contributed by atoms with Crippen LogP contribution >= 0.6 is 0 Å². The van der Waals surface area contributed by atoms with E-state index in [1.165, 1.54) is 54.9 Å². The highest BCUT2D eigenvalue weighted by Gasteiger charge is 2.23. The third kappa shape index (κ3) is 4.51. The Morgan fingerprint density at radius 2 is 1.24 bits per heavy atom. The lowest BCUT2D eigenvalue weighted by Crippen LogP contribution is -2.35. The summed E-state index contributed by atoms with van der Waals surface area (Å²) in [5.41, 5.74) is 10.7. The van der Waals surface area contributed by atoms with Crippen molar-refractivity contribution in [3.8, 4) is 39.3 Å². The fraction of sp³-hybridized carbons (Fsp3) is 0.0952. The van der Waals surface area contributed by atoms with Gasteiger partial charge in [0.25, 0.3) is 0 Å². The van der Waals surface area contributed by atoms with E-state index < -0.39 is 0 Å². The minimum atomic E-state index is 0.330. The van der Waals surface area contributed by atoms with Crippen LogP contribution in [0.5, 0.6) is 0 Å². The molecule has 0 amide bonds. The Labute approximate surface area is 262 Å². The second kappa shape index (κ2) is 10.6. The summed E-state index contributed by atoms with van der Waals surface area (Å²) in [5.74, 6) is 1.40. The van der Waals surface area contributed by atoms with E-state index >= 15 is 0 Å². The third-order valence-corrected chi connectivity index (χ3v) is 9.43. The van der Waals surface area contributed by atoms with Crippen molar-refractivity contribution in [2.24, 2.45) is 11.8 Å². The Kier molecular flexibility index (Phi) is 6.09. The van der Waals surface area contributed by atoms with Gasteiger partial charge in [-0.25, -0.2) is 9.97 Å². The largest absolute Gasteiger partial charge is 0.278 e. The highest BCUT2D eigenvalue weighted by Crippen LogP contribution is 2.33. The number of aromatic nitrogens is 3. The van der Waals surface area contributed by atoms with Gasteiger partial charge < -0.3 is 0 Å². The number of fused-ring (bicyclic) bond motifs is 5. The molecule has 2 atom stereocenters. The number of aryl methyl sites for hydroxylation is 1. The molecule has 4 aromatic carbocycles. The van der Waals surface area contributed by atoms with Crippen molar-refractivity contribution in [1.29, 1.82) is 0 Å². The van der Waals surface area contributed by atoms with E-state index in [4.69, 9.17) is 9.97 Å². The van der Waals surface area contributed by atoms with Crippen LogP contribution in [0.4, 0.5) is 0 Å². The number of hydrogen-bond donors (Lipinski definition) is 0. The van der Waals surface area contributed by atoms with Gasteiger partial charge in [0, 0.05) is 40.4 Å². The molecular weight excluding hydrogens is 546 g/mol. The lowest BCUT2D eigenvalue weighted by molar-refractivity contribution is 0.717. The van der Waals surface area contributed by atoms with Gasteiger partial charge in [-0.1, -0.05) is 109 Å². The Hall–Kier alpha value is -5.54. The Bertz CT molecular complexity index is 2250. The van der Waals surface area contributed by atoms with Crippen molar-refractivity contribution in [3.63, 3.8) is 0 Å². The highest BCUT2D eigenvalue weighted by atomic mass is 15.1. The Morgan fingerprint density at radius 3 is 1.91 bits per heavy atom. The molecule has 0 saturated carbocycles. The standard InChI is InChI=1S/C42H31N3/c1-3-11-28(12-4-1)34-19-35(29-13-5-2-6-14-29)21-36(20-34)37-26-43-42(44-27-37)45-40-24-32-17-9-7-15-30(32)22-38(40)39-23-31-16-8-10-18-33(31)25-41(39)45/h1-9,11-17,19-27,30,32H,10,18H2. The van der Waals surface area contributed by atoms with Gasteiger partial charge >= 0.3 is 0 Å². The molecule has 9 rings (SSSR count). The molecule has 3 aliphatic rings.